The first-order valence-corrected chi connectivity index (χ1v) is 7.93. The fourth-order valence-electron chi connectivity index (χ4n) is 2.59. The Labute approximate surface area is 137 Å². The smallest absolute Gasteiger partial charge is 0.481 e. The number of nitrogens with zero attached hydrogens (tertiary/aromatic N) is 1. The third-order valence-electron chi connectivity index (χ3n) is 4.72. The van der Waals surface area contributed by atoms with E-state index in [1.807, 2.05) is 39.8 Å². The Morgan fingerprint density at radius 3 is 2.39 bits per heavy atom. The predicted molar refractivity (Wildman–Crippen MR) is 86.0 cm³/mol. The van der Waals surface area contributed by atoms with Gasteiger partial charge in [0.05, 0.1) is 43.8 Å². The van der Waals surface area contributed by atoms with Crippen molar-refractivity contribution >= 4 is 12.6 Å². The van der Waals surface area contributed by atoms with Crippen LogP contribution in [0.15, 0.2) is 12.1 Å². The first-order valence-electron chi connectivity index (χ1n) is 7.93. The lowest BCUT2D eigenvalue weighted by Gasteiger charge is -2.32. The molecule has 126 valence electrons. The van der Waals surface area contributed by atoms with Gasteiger partial charge in [-0.15, -0.1) is 0 Å². The van der Waals surface area contributed by atoms with Crippen LogP contribution in [0.2, 0.25) is 0 Å². The van der Waals surface area contributed by atoms with Crippen molar-refractivity contribution in [3.05, 3.63) is 17.8 Å². The van der Waals surface area contributed by atoms with E-state index < -0.39 is 18.3 Å². The first kappa shape index (κ1) is 16.7. The van der Waals surface area contributed by atoms with Crippen molar-refractivity contribution in [2.45, 2.75) is 45.0 Å². The molecule has 0 saturated carbocycles. The van der Waals surface area contributed by atoms with Gasteiger partial charge in [0.1, 0.15) is 6.10 Å². The van der Waals surface area contributed by atoms with Crippen molar-refractivity contribution in [1.29, 1.82) is 0 Å². The SMILES string of the molecule is COc1cc(B2OC(C)(C)C(C)(C)O2)cc(C2COCCO2)n1. The number of ether oxygens (including phenoxy) is 3. The van der Waals surface area contributed by atoms with Gasteiger partial charge in [-0.3, -0.25) is 0 Å². The summed E-state index contributed by atoms with van der Waals surface area (Å²) >= 11 is 0. The molecule has 2 saturated heterocycles. The molecule has 1 atom stereocenters. The number of hydrogen-bond donors (Lipinski definition) is 0. The molecule has 0 spiro atoms. The van der Waals surface area contributed by atoms with Crippen molar-refractivity contribution < 1.29 is 23.5 Å². The molecule has 2 fully saturated rings. The lowest BCUT2D eigenvalue weighted by molar-refractivity contribution is -0.0918. The molecule has 3 heterocycles. The molecule has 0 N–H and O–H groups in total. The Hall–Kier alpha value is -1.15. The second-order valence-electron chi connectivity index (χ2n) is 6.89. The highest BCUT2D eigenvalue weighted by atomic mass is 16.7. The van der Waals surface area contributed by atoms with Gasteiger partial charge in [0.15, 0.2) is 0 Å². The molecule has 0 bridgehead atoms. The van der Waals surface area contributed by atoms with Gasteiger partial charge < -0.3 is 23.5 Å². The van der Waals surface area contributed by atoms with E-state index in [1.54, 1.807) is 7.11 Å². The van der Waals surface area contributed by atoms with Crippen LogP contribution in [0.4, 0.5) is 0 Å². The highest BCUT2D eigenvalue weighted by molar-refractivity contribution is 6.62. The lowest BCUT2D eigenvalue weighted by atomic mass is 9.79. The summed E-state index contributed by atoms with van der Waals surface area (Å²) in [4.78, 5) is 4.48. The van der Waals surface area contributed by atoms with E-state index in [1.165, 1.54) is 0 Å². The zero-order valence-electron chi connectivity index (χ0n) is 14.4. The highest BCUT2D eigenvalue weighted by Gasteiger charge is 2.52. The molecule has 6 nitrogen and oxygen atoms in total. The van der Waals surface area contributed by atoms with Crippen LogP contribution in [0.5, 0.6) is 5.88 Å². The summed E-state index contributed by atoms with van der Waals surface area (Å²) in [5, 5.41) is 0. The summed E-state index contributed by atoms with van der Waals surface area (Å²) < 4.78 is 28.8. The summed E-state index contributed by atoms with van der Waals surface area (Å²) in [6.07, 6.45) is -0.194. The topological polar surface area (TPSA) is 59.0 Å². The maximum Gasteiger partial charge on any atom is 0.495 e. The van der Waals surface area contributed by atoms with Crippen LogP contribution in [0.1, 0.15) is 39.5 Å². The van der Waals surface area contributed by atoms with Gasteiger partial charge in [-0.1, -0.05) is 0 Å². The third kappa shape index (κ3) is 3.24. The quantitative estimate of drug-likeness (QED) is 0.786. The number of methoxy groups -OCH3 is 1. The Bertz CT molecular complexity index is 556. The average molecular weight is 321 g/mol. The van der Waals surface area contributed by atoms with Crippen molar-refractivity contribution in [2.75, 3.05) is 26.9 Å². The summed E-state index contributed by atoms with van der Waals surface area (Å²) in [7, 11) is 1.14. The van der Waals surface area contributed by atoms with Crippen molar-refractivity contribution in [1.82, 2.24) is 4.98 Å². The molecular weight excluding hydrogens is 297 g/mol. The maximum absolute atomic E-state index is 6.11. The molecule has 1 aromatic rings. The second-order valence-corrected chi connectivity index (χ2v) is 6.89. The molecule has 23 heavy (non-hydrogen) atoms. The maximum atomic E-state index is 6.11. The fourth-order valence-corrected chi connectivity index (χ4v) is 2.59. The molecule has 1 unspecified atom stereocenters. The van der Waals surface area contributed by atoms with Crippen LogP contribution in [-0.4, -0.2) is 50.2 Å². The predicted octanol–water partition coefficient (Wildman–Crippen LogP) is 1.48. The van der Waals surface area contributed by atoms with Crippen molar-refractivity contribution in [3.63, 3.8) is 0 Å². The van der Waals surface area contributed by atoms with E-state index >= 15 is 0 Å². The summed E-state index contributed by atoms with van der Waals surface area (Å²) in [5.74, 6) is 0.515. The molecule has 0 aliphatic carbocycles. The summed E-state index contributed by atoms with van der Waals surface area (Å²) in [5.41, 5.74) is 0.867. The molecule has 2 aliphatic rings. The Morgan fingerprint density at radius 1 is 1.13 bits per heavy atom. The van der Waals surface area contributed by atoms with Gasteiger partial charge in [-0.05, 0) is 39.2 Å². The summed E-state index contributed by atoms with van der Waals surface area (Å²) in [6, 6.07) is 3.79. The molecule has 1 aromatic heterocycles. The molecule has 7 heteroatoms. The van der Waals surface area contributed by atoms with E-state index in [-0.39, 0.29) is 6.10 Å². The van der Waals surface area contributed by atoms with Crippen molar-refractivity contribution in [2.24, 2.45) is 0 Å². The zero-order valence-corrected chi connectivity index (χ0v) is 14.4. The molecule has 2 aliphatic heterocycles. The fraction of sp³-hybridized carbons (Fsp3) is 0.688. The van der Waals surface area contributed by atoms with E-state index in [4.69, 9.17) is 23.5 Å². The third-order valence-corrected chi connectivity index (χ3v) is 4.72. The Morgan fingerprint density at radius 2 is 1.83 bits per heavy atom. The van der Waals surface area contributed by atoms with Gasteiger partial charge in [0.2, 0.25) is 5.88 Å². The van der Waals surface area contributed by atoms with Crippen LogP contribution in [-0.2, 0) is 18.8 Å². The molecule has 3 rings (SSSR count). The minimum Gasteiger partial charge on any atom is -0.481 e. The first-order chi connectivity index (χ1) is 10.8. The molecule has 0 amide bonds. The van der Waals surface area contributed by atoms with E-state index in [0.717, 1.165) is 11.2 Å². The molecular formula is C16H24BNO5. The van der Waals surface area contributed by atoms with Gasteiger partial charge >= 0.3 is 7.12 Å². The number of pyridine rings is 1. The van der Waals surface area contributed by atoms with Crippen LogP contribution in [0, 0.1) is 0 Å². The highest BCUT2D eigenvalue weighted by Crippen LogP contribution is 2.36. The zero-order chi connectivity index (χ0) is 16.7. The largest absolute Gasteiger partial charge is 0.495 e. The average Bonchev–Trinajstić information content (AvgIpc) is 2.76. The van der Waals surface area contributed by atoms with Crippen LogP contribution < -0.4 is 10.2 Å². The molecule has 0 aromatic carbocycles. The van der Waals surface area contributed by atoms with Gasteiger partial charge in [0, 0.05) is 6.07 Å². The molecule has 0 radical (unpaired) electrons. The second kappa shape index (κ2) is 6.05. The Balaban J connectivity index is 1.90. The minimum absolute atomic E-state index is 0.194. The number of aromatic nitrogens is 1. The van der Waals surface area contributed by atoms with E-state index in [2.05, 4.69) is 4.98 Å². The van der Waals surface area contributed by atoms with E-state index in [0.29, 0.717) is 25.7 Å². The van der Waals surface area contributed by atoms with Crippen LogP contribution in [0.25, 0.3) is 0 Å². The van der Waals surface area contributed by atoms with Gasteiger partial charge in [-0.2, -0.15) is 0 Å². The lowest BCUT2D eigenvalue weighted by Crippen LogP contribution is -2.41. The number of rotatable bonds is 3. The van der Waals surface area contributed by atoms with Gasteiger partial charge in [0.25, 0.3) is 0 Å². The van der Waals surface area contributed by atoms with Gasteiger partial charge in [-0.25, -0.2) is 4.98 Å². The summed E-state index contributed by atoms with van der Waals surface area (Å²) in [6.45, 7) is 9.80. The van der Waals surface area contributed by atoms with Crippen molar-refractivity contribution in [3.8, 4) is 5.88 Å². The number of hydrogen-bond acceptors (Lipinski definition) is 6. The normalized spacial score (nSPS) is 26.3. The Kier molecular flexibility index (Phi) is 4.40. The van der Waals surface area contributed by atoms with E-state index in [9.17, 15) is 0 Å². The monoisotopic (exact) mass is 321 g/mol. The minimum atomic E-state index is -0.458. The van der Waals surface area contributed by atoms with Crippen LogP contribution in [0.3, 0.4) is 0 Å². The standard InChI is InChI=1S/C16H24BNO5/c1-15(2)16(3,4)23-17(22-15)11-8-12(18-14(9-11)19-5)13-10-20-6-7-21-13/h8-9,13H,6-7,10H2,1-5H3. The van der Waals surface area contributed by atoms with Crippen LogP contribution >= 0.6 is 0 Å².